The summed E-state index contributed by atoms with van der Waals surface area (Å²) in [5.74, 6) is 1.99. The number of halogens is 2. The van der Waals surface area contributed by atoms with Gasteiger partial charge in [-0.25, -0.2) is 9.77 Å². The first-order valence-electron chi connectivity index (χ1n) is 9.75. The molecule has 0 aliphatic heterocycles. The van der Waals surface area contributed by atoms with Crippen molar-refractivity contribution >= 4 is 39.7 Å². The molecule has 0 fully saturated rings. The molecule has 1 aromatic heterocycles. The van der Waals surface area contributed by atoms with Crippen LogP contribution in [-0.4, -0.2) is 22.0 Å². The molecule has 0 saturated carbocycles. The molecular formula is C23H20BrClN4O2S. The lowest BCUT2D eigenvalue weighted by atomic mass is 10.2. The number of H-pyrrole nitrogens is 1. The monoisotopic (exact) mass is 530 g/mol. The summed E-state index contributed by atoms with van der Waals surface area (Å²) in [6.07, 6.45) is 0. The van der Waals surface area contributed by atoms with Crippen molar-refractivity contribution in [2.45, 2.75) is 13.2 Å². The van der Waals surface area contributed by atoms with E-state index in [1.165, 1.54) is 0 Å². The number of rotatable bonds is 8. The number of benzene rings is 3. The molecule has 1 heterocycles. The van der Waals surface area contributed by atoms with Crippen LogP contribution in [-0.2, 0) is 13.2 Å². The van der Waals surface area contributed by atoms with Crippen molar-refractivity contribution < 1.29 is 9.47 Å². The zero-order valence-corrected chi connectivity index (χ0v) is 20.3. The maximum Gasteiger partial charge on any atom is 0.214 e. The summed E-state index contributed by atoms with van der Waals surface area (Å²) in [4.78, 5) is 0. The number of methoxy groups -OCH3 is 1. The smallest absolute Gasteiger partial charge is 0.214 e. The molecule has 2 N–H and O–H groups in total. The predicted molar refractivity (Wildman–Crippen MR) is 132 cm³/mol. The first-order chi connectivity index (χ1) is 15.5. The average molecular weight is 532 g/mol. The molecule has 0 amide bonds. The van der Waals surface area contributed by atoms with Gasteiger partial charge in [0.05, 0.1) is 13.7 Å². The van der Waals surface area contributed by atoms with Gasteiger partial charge in [-0.05, 0) is 47.6 Å². The number of nitrogens with zero attached hydrogens (tertiary/aromatic N) is 2. The van der Waals surface area contributed by atoms with Crippen LogP contribution in [0.2, 0.25) is 5.02 Å². The fraction of sp³-hybridized carbons (Fsp3) is 0.130. The van der Waals surface area contributed by atoms with Gasteiger partial charge in [0.15, 0.2) is 17.3 Å². The third-order valence-electron chi connectivity index (χ3n) is 4.77. The van der Waals surface area contributed by atoms with E-state index in [0.29, 0.717) is 40.3 Å². The molecule has 0 bridgehead atoms. The molecular weight excluding hydrogens is 512 g/mol. The predicted octanol–water partition coefficient (Wildman–Crippen LogP) is 6.35. The van der Waals surface area contributed by atoms with Gasteiger partial charge in [-0.1, -0.05) is 70.0 Å². The first kappa shape index (κ1) is 22.4. The van der Waals surface area contributed by atoms with Crippen molar-refractivity contribution in [3.63, 3.8) is 0 Å². The van der Waals surface area contributed by atoms with Gasteiger partial charge in [0.25, 0.3) is 0 Å². The maximum absolute atomic E-state index is 5.98. The molecule has 0 aliphatic rings. The van der Waals surface area contributed by atoms with E-state index in [0.717, 1.165) is 21.2 Å². The van der Waals surface area contributed by atoms with Crippen LogP contribution in [0.3, 0.4) is 0 Å². The molecule has 4 aromatic rings. The highest BCUT2D eigenvalue weighted by atomic mass is 79.9. The minimum absolute atomic E-state index is 0.405. The van der Waals surface area contributed by atoms with Gasteiger partial charge in [-0.15, -0.1) is 0 Å². The van der Waals surface area contributed by atoms with Crippen molar-refractivity contribution in [2.24, 2.45) is 0 Å². The molecule has 164 valence electrons. The summed E-state index contributed by atoms with van der Waals surface area (Å²) >= 11 is 15.0. The lowest BCUT2D eigenvalue weighted by Crippen LogP contribution is -2.16. The number of hydrogen-bond donors (Lipinski definition) is 2. The van der Waals surface area contributed by atoms with Gasteiger partial charge >= 0.3 is 0 Å². The van der Waals surface area contributed by atoms with Gasteiger partial charge in [0, 0.05) is 15.1 Å². The highest BCUT2D eigenvalue weighted by Crippen LogP contribution is 2.34. The third-order valence-corrected chi connectivity index (χ3v) is 6.04. The second-order valence-corrected chi connectivity index (χ2v) is 8.58. The largest absolute Gasteiger partial charge is 0.493 e. The number of hydrogen-bond acceptors (Lipinski definition) is 5. The third kappa shape index (κ3) is 5.15. The number of nitrogens with one attached hydrogen (secondary N) is 2. The molecule has 0 radical (unpaired) electrons. The molecule has 6 nitrogen and oxygen atoms in total. The Morgan fingerprint density at radius 2 is 1.84 bits per heavy atom. The van der Waals surface area contributed by atoms with E-state index in [9.17, 15) is 0 Å². The molecule has 0 unspecified atom stereocenters. The Bertz CT molecular complexity index is 1260. The van der Waals surface area contributed by atoms with Crippen molar-refractivity contribution in [3.8, 4) is 22.9 Å². The quantitative estimate of drug-likeness (QED) is 0.259. The fourth-order valence-electron chi connectivity index (χ4n) is 3.12. The van der Waals surface area contributed by atoms with Crippen molar-refractivity contribution in [1.29, 1.82) is 0 Å². The average Bonchev–Trinajstić information content (AvgIpc) is 3.18. The Kier molecular flexibility index (Phi) is 7.14. The highest BCUT2D eigenvalue weighted by molar-refractivity contribution is 9.10. The van der Waals surface area contributed by atoms with Crippen LogP contribution in [0.25, 0.3) is 11.4 Å². The summed E-state index contributed by atoms with van der Waals surface area (Å²) in [5, 5.41) is 7.88. The fourth-order valence-corrected chi connectivity index (χ4v) is 3.90. The molecule has 3 aromatic carbocycles. The second kappa shape index (κ2) is 10.2. The number of aromatic amines is 1. The van der Waals surface area contributed by atoms with Crippen LogP contribution in [0.5, 0.6) is 11.5 Å². The van der Waals surface area contributed by atoms with Gasteiger partial charge in [0.2, 0.25) is 4.77 Å². The Hall–Kier alpha value is -2.81. The van der Waals surface area contributed by atoms with E-state index >= 15 is 0 Å². The van der Waals surface area contributed by atoms with Crippen LogP contribution in [0.15, 0.2) is 71.2 Å². The van der Waals surface area contributed by atoms with Gasteiger partial charge in [-0.3, -0.25) is 0 Å². The summed E-state index contributed by atoms with van der Waals surface area (Å²) in [6.45, 7) is 0.893. The lowest BCUT2D eigenvalue weighted by Gasteiger charge is -2.16. The minimum atomic E-state index is 0.405. The standard InChI is InChI=1S/C23H20BrClN4O2S/c1-30-20-11-17(19(24)12-21(20)31-14-15-7-9-18(25)10-8-15)13-26-29-22(27-28-23(29)32)16-5-3-2-4-6-16/h2-12,26H,13-14H2,1H3,(H,28,32). The second-order valence-electron chi connectivity index (χ2n) is 6.90. The maximum atomic E-state index is 5.98. The topological polar surface area (TPSA) is 64.1 Å². The van der Waals surface area contributed by atoms with E-state index in [-0.39, 0.29) is 0 Å². The number of aromatic nitrogens is 3. The molecule has 0 atom stereocenters. The molecule has 0 saturated heterocycles. The van der Waals surface area contributed by atoms with Crippen molar-refractivity contribution in [2.75, 3.05) is 12.5 Å². The Labute approximate surface area is 204 Å². The van der Waals surface area contributed by atoms with E-state index in [4.69, 9.17) is 33.3 Å². The summed E-state index contributed by atoms with van der Waals surface area (Å²) < 4.78 is 14.7. The van der Waals surface area contributed by atoms with Crippen LogP contribution >= 0.6 is 39.7 Å². The molecule has 4 rings (SSSR count). The summed E-state index contributed by atoms with van der Waals surface area (Å²) in [6, 6.07) is 21.2. The highest BCUT2D eigenvalue weighted by Gasteiger charge is 2.13. The summed E-state index contributed by atoms with van der Waals surface area (Å²) in [5.41, 5.74) is 6.27. The molecule has 9 heteroatoms. The van der Waals surface area contributed by atoms with Crippen molar-refractivity contribution in [3.05, 3.63) is 92.1 Å². The van der Waals surface area contributed by atoms with E-state index in [2.05, 4.69) is 31.6 Å². The van der Waals surface area contributed by atoms with Gasteiger partial charge in [-0.2, -0.15) is 5.10 Å². The van der Waals surface area contributed by atoms with E-state index in [1.54, 1.807) is 11.8 Å². The first-order valence-corrected chi connectivity index (χ1v) is 11.3. The van der Waals surface area contributed by atoms with Gasteiger partial charge in [0.1, 0.15) is 6.61 Å². The molecule has 32 heavy (non-hydrogen) atoms. The minimum Gasteiger partial charge on any atom is -0.493 e. The van der Waals surface area contributed by atoms with Crippen LogP contribution < -0.4 is 14.9 Å². The Morgan fingerprint density at radius 1 is 1.09 bits per heavy atom. The van der Waals surface area contributed by atoms with Crippen molar-refractivity contribution in [1.82, 2.24) is 14.9 Å². The lowest BCUT2D eigenvalue weighted by molar-refractivity contribution is 0.284. The zero-order chi connectivity index (χ0) is 22.5. The van der Waals surface area contributed by atoms with E-state index in [1.807, 2.05) is 66.7 Å². The number of ether oxygens (including phenoxy) is 2. The molecule has 0 aliphatic carbocycles. The van der Waals surface area contributed by atoms with E-state index < -0.39 is 0 Å². The SMILES string of the molecule is COc1cc(CNn2c(-c3ccccc3)n[nH]c2=S)c(Br)cc1OCc1ccc(Cl)cc1. The van der Waals surface area contributed by atoms with Crippen LogP contribution in [0.4, 0.5) is 0 Å². The Balaban J connectivity index is 1.51. The summed E-state index contributed by atoms with van der Waals surface area (Å²) in [7, 11) is 1.62. The van der Waals surface area contributed by atoms with Crippen LogP contribution in [0, 0.1) is 4.77 Å². The zero-order valence-electron chi connectivity index (χ0n) is 17.1. The van der Waals surface area contributed by atoms with Gasteiger partial charge < -0.3 is 14.9 Å². The normalized spacial score (nSPS) is 10.7. The molecule has 0 spiro atoms. The van der Waals surface area contributed by atoms with Crippen LogP contribution in [0.1, 0.15) is 11.1 Å². The Morgan fingerprint density at radius 3 is 2.56 bits per heavy atom.